The van der Waals surface area contributed by atoms with Crippen molar-refractivity contribution in [3.8, 4) is 0 Å². The van der Waals surface area contributed by atoms with Gasteiger partial charge in [-0.25, -0.2) is 9.59 Å². The summed E-state index contributed by atoms with van der Waals surface area (Å²) in [4.78, 5) is 27.5. The molecule has 6 heteroatoms. The second-order valence-corrected chi connectivity index (χ2v) is 5.54. The number of amides is 2. The van der Waals surface area contributed by atoms with E-state index in [0.29, 0.717) is 5.69 Å². The average molecular weight is 279 g/mol. The number of urea groups is 1. The largest absolute Gasteiger partial charge is 0.458 e. The van der Waals surface area contributed by atoms with Crippen molar-refractivity contribution in [2.45, 2.75) is 46.3 Å². The number of aryl methyl sites for hydroxylation is 1. The number of ether oxygens (including phenoxy) is 1. The Hall–Kier alpha value is -2.11. The minimum Gasteiger partial charge on any atom is -0.458 e. The third kappa shape index (κ3) is 5.69. The van der Waals surface area contributed by atoms with Gasteiger partial charge in [0, 0.05) is 17.6 Å². The second kappa shape index (κ2) is 6.36. The van der Waals surface area contributed by atoms with Crippen molar-refractivity contribution < 1.29 is 14.3 Å². The van der Waals surface area contributed by atoms with Crippen LogP contribution in [0.4, 0.5) is 10.5 Å². The number of carbonyl (C=O) groups excluding carboxylic acids is 2. The number of esters is 1. The van der Waals surface area contributed by atoms with E-state index in [1.807, 2.05) is 6.92 Å². The molecule has 0 unspecified atom stereocenters. The number of nitrogens with one attached hydrogen (secondary N) is 2. The summed E-state index contributed by atoms with van der Waals surface area (Å²) in [6.07, 6.45) is 1.60. The van der Waals surface area contributed by atoms with Crippen LogP contribution in [0.3, 0.4) is 0 Å². The zero-order valence-electron chi connectivity index (χ0n) is 12.5. The fourth-order valence-electron chi connectivity index (χ4n) is 1.44. The van der Waals surface area contributed by atoms with Crippen LogP contribution in [0.2, 0.25) is 0 Å². The van der Waals surface area contributed by atoms with Crippen molar-refractivity contribution in [2.75, 3.05) is 5.32 Å². The highest BCUT2D eigenvalue weighted by Gasteiger charge is 2.22. The molecule has 1 atom stereocenters. The van der Waals surface area contributed by atoms with Gasteiger partial charge < -0.3 is 15.4 Å². The molecule has 0 aliphatic carbocycles. The van der Waals surface area contributed by atoms with Gasteiger partial charge in [-0.2, -0.15) is 0 Å². The third-order valence-electron chi connectivity index (χ3n) is 2.26. The van der Waals surface area contributed by atoms with Crippen LogP contribution in [0.25, 0.3) is 0 Å². The minimum absolute atomic E-state index is 0.464. The smallest absolute Gasteiger partial charge is 0.328 e. The molecule has 1 heterocycles. The van der Waals surface area contributed by atoms with Crippen LogP contribution in [-0.4, -0.2) is 28.6 Å². The van der Waals surface area contributed by atoms with E-state index in [0.717, 1.165) is 5.69 Å². The Balaban J connectivity index is 2.52. The summed E-state index contributed by atoms with van der Waals surface area (Å²) in [5, 5.41) is 5.16. The number of aromatic nitrogens is 1. The molecule has 110 valence electrons. The number of hydrogen-bond acceptors (Lipinski definition) is 4. The van der Waals surface area contributed by atoms with Crippen molar-refractivity contribution in [1.82, 2.24) is 10.3 Å². The number of carbonyl (C=O) groups is 2. The molecule has 0 radical (unpaired) electrons. The zero-order valence-corrected chi connectivity index (χ0v) is 12.5. The van der Waals surface area contributed by atoms with Gasteiger partial charge >= 0.3 is 12.0 Å². The standard InChI is InChI=1S/C14H21N3O3/c1-9-8-11(6-7-15-9)17-13(19)16-10(2)12(18)20-14(3,4)5/h6-8,10H,1-5H3,(H2,15,16,17,19)/t10-/m1/s1. The summed E-state index contributed by atoms with van der Waals surface area (Å²) in [6.45, 7) is 8.73. The van der Waals surface area contributed by atoms with E-state index >= 15 is 0 Å². The highest BCUT2D eigenvalue weighted by molar-refractivity contribution is 5.92. The molecule has 0 aliphatic rings. The Morgan fingerprint density at radius 3 is 2.55 bits per heavy atom. The van der Waals surface area contributed by atoms with E-state index in [1.54, 1.807) is 46.0 Å². The van der Waals surface area contributed by atoms with Gasteiger partial charge in [-0.05, 0) is 46.8 Å². The minimum atomic E-state index is -0.725. The molecule has 0 bridgehead atoms. The van der Waals surface area contributed by atoms with Gasteiger partial charge in [0.2, 0.25) is 0 Å². The van der Waals surface area contributed by atoms with Gasteiger partial charge in [0.05, 0.1) is 0 Å². The van der Waals surface area contributed by atoms with E-state index in [9.17, 15) is 9.59 Å². The second-order valence-electron chi connectivity index (χ2n) is 5.54. The molecule has 1 rings (SSSR count). The fraction of sp³-hybridized carbons (Fsp3) is 0.500. The summed E-state index contributed by atoms with van der Waals surface area (Å²) >= 11 is 0. The molecule has 0 saturated heterocycles. The van der Waals surface area contributed by atoms with Gasteiger partial charge in [-0.3, -0.25) is 4.98 Å². The van der Waals surface area contributed by atoms with Crippen molar-refractivity contribution in [2.24, 2.45) is 0 Å². The molecule has 6 nitrogen and oxygen atoms in total. The third-order valence-corrected chi connectivity index (χ3v) is 2.26. The van der Waals surface area contributed by atoms with Gasteiger partial charge in [0.1, 0.15) is 11.6 Å². The molecule has 0 aliphatic heterocycles. The summed E-state index contributed by atoms with van der Waals surface area (Å²) in [7, 11) is 0. The first-order valence-electron chi connectivity index (χ1n) is 6.40. The maximum atomic E-state index is 11.8. The molecular formula is C14H21N3O3. The molecule has 0 saturated carbocycles. The van der Waals surface area contributed by atoms with Crippen LogP contribution in [0.15, 0.2) is 18.3 Å². The molecule has 2 N–H and O–H groups in total. The summed E-state index contributed by atoms with van der Waals surface area (Å²) in [6, 6.07) is 2.22. The molecule has 1 aromatic heterocycles. The SMILES string of the molecule is Cc1cc(NC(=O)N[C@H](C)C(=O)OC(C)(C)C)ccn1. The van der Waals surface area contributed by atoms with Crippen molar-refractivity contribution >= 4 is 17.7 Å². The maximum absolute atomic E-state index is 11.8. The van der Waals surface area contributed by atoms with E-state index in [2.05, 4.69) is 15.6 Å². The highest BCUT2D eigenvalue weighted by Crippen LogP contribution is 2.09. The lowest BCUT2D eigenvalue weighted by Crippen LogP contribution is -2.43. The monoisotopic (exact) mass is 279 g/mol. The van der Waals surface area contributed by atoms with Gasteiger partial charge in [0.15, 0.2) is 0 Å². The number of hydrogen-bond donors (Lipinski definition) is 2. The Morgan fingerprint density at radius 2 is 2.00 bits per heavy atom. The van der Waals surface area contributed by atoms with Gasteiger partial charge in [-0.1, -0.05) is 0 Å². The average Bonchev–Trinajstić information content (AvgIpc) is 2.26. The van der Waals surface area contributed by atoms with Crippen molar-refractivity contribution in [3.63, 3.8) is 0 Å². The van der Waals surface area contributed by atoms with Crippen LogP contribution >= 0.6 is 0 Å². The number of rotatable bonds is 3. The Labute approximate surface area is 118 Å². The quantitative estimate of drug-likeness (QED) is 0.831. The molecular weight excluding hydrogens is 258 g/mol. The normalized spacial score (nSPS) is 12.4. The lowest BCUT2D eigenvalue weighted by Gasteiger charge is -2.22. The van der Waals surface area contributed by atoms with Crippen LogP contribution in [0.5, 0.6) is 0 Å². The topological polar surface area (TPSA) is 80.3 Å². The molecule has 0 aromatic carbocycles. The highest BCUT2D eigenvalue weighted by atomic mass is 16.6. The first-order chi connectivity index (χ1) is 9.17. The molecule has 0 fully saturated rings. The Morgan fingerprint density at radius 1 is 1.35 bits per heavy atom. The van der Waals surface area contributed by atoms with E-state index < -0.39 is 23.6 Å². The number of anilines is 1. The van der Waals surface area contributed by atoms with Gasteiger partial charge in [0.25, 0.3) is 0 Å². The summed E-state index contributed by atoms with van der Waals surface area (Å²) in [5.41, 5.74) is 0.834. The maximum Gasteiger partial charge on any atom is 0.328 e. The predicted molar refractivity (Wildman–Crippen MR) is 76.4 cm³/mol. The van der Waals surface area contributed by atoms with E-state index in [4.69, 9.17) is 4.74 Å². The summed E-state index contributed by atoms with van der Waals surface area (Å²) in [5.74, 6) is -0.474. The zero-order chi connectivity index (χ0) is 15.3. The molecule has 20 heavy (non-hydrogen) atoms. The van der Waals surface area contributed by atoms with E-state index in [1.165, 1.54) is 0 Å². The van der Waals surface area contributed by atoms with Crippen LogP contribution < -0.4 is 10.6 Å². The first kappa shape index (κ1) is 15.9. The Bertz CT molecular complexity index is 495. The number of pyridine rings is 1. The van der Waals surface area contributed by atoms with E-state index in [-0.39, 0.29) is 0 Å². The first-order valence-corrected chi connectivity index (χ1v) is 6.40. The summed E-state index contributed by atoms with van der Waals surface area (Å²) < 4.78 is 5.18. The number of nitrogens with zero attached hydrogens (tertiary/aromatic N) is 1. The van der Waals surface area contributed by atoms with Crippen molar-refractivity contribution in [1.29, 1.82) is 0 Å². The predicted octanol–water partition coefficient (Wildman–Crippen LogP) is 2.24. The lowest BCUT2D eigenvalue weighted by atomic mass is 10.2. The molecule has 0 spiro atoms. The lowest BCUT2D eigenvalue weighted by molar-refractivity contribution is -0.156. The van der Waals surface area contributed by atoms with Crippen LogP contribution in [0, 0.1) is 6.92 Å². The molecule has 1 aromatic rings. The van der Waals surface area contributed by atoms with Gasteiger partial charge in [-0.15, -0.1) is 0 Å². The fourth-order valence-corrected chi connectivity index (χ4v) is 1.44. The van der Waals surface area contributed by atoms with Crippen molar-refractivity contribution in [3.05, 3.63) is 24.0 Å². The Kier molecular flexibility index (Phi) is 5.07. The molecule has 2 amide bonds. The van der Waals surface area contributed by atoms with Crippen LogP contribution in [-0.2, 0) is 9.53 Å². The van der Waals surface area contributed by atoms with Crippen LogP contribution in [0.1, 0.15) is 33.4 Å².